The number of aliphatic carboxylic acids is 1. The maximum atomic E-state index is 12.0. The second-order valence-corrected chi connectivity index (χ2v) is 7.35. The van der Waals surface area contributed by atoms with Crippen molar-refractivity contribution in [2.24, 2.45) is 0 Å². The first-order valence-electron chi connectivity index (χ1n) is 10.2. The van der Waals surface area contributed by atoms with Gasteiger partial charge in [0.05, 0.1) is 13.0 Å². The minimum atomic E-state index is -0.955. The van der Waals surface area contributed by atoms with Gasteiger partial charge in [-0.2, -0.15) is 0 Å². The molecule has 6 heteroatoms. The summed E-state index contributed by atoms with van der Waals surface area (Å²) in [5.41, 5.74) is 4.75. The van der Waals surface area contributed by atoms with Gasteiger partial charge in [0.25, 0.3) is 5.91 Å². The molecular weight excluding hydrogens is 380 g/mol. The molecule has 0 unspecified atom stereocenters. The van der Waals surface area contributed by atoms with Crippen molar-refractivity contribution in [3.63, 3.8) is 0 Å². The molecule has 2 N–H and O–H groups in total. The van der Waals surface area contributed by atoms with E-state index in [9.17, 15) is 14.4 Å². The molecule has 0 atom stereocenters. The highest BCUT2D eigenvalue weighted by Gasteiger charge is 2.11. The number of benzene rings is 2. The van der Waals surface area contributed by atoms with E-state index in [0.29, 0.717) is 12.1 Å². The largest absolute Gasteiger partial charge is 0.481 e. The van der Waals surface area contributed by atoms with Gasteiger partial charge in [-0.25, -0.2) is 0 Å². The average molecular weight is 406 g/mol. The van der Waals surface area contributed by atoms with E-state index in [1.807, 2.05) is 12.1 Å². The lowest BCUT2D eigenvalue weighted by Crippen LogP contribution is -2.26. The number of carbonyl (C=O) groups is 3. The van der Waals surface area contributed by atoms with Crippen LogP contribution in [0.5, 0.6) is 0 Å². The fraction of sp³-hybridized carbons (Fsp3) is 0.292. The molecule has 0 radical (unpaired) electrons. The smallest absolute Gasteiger partial charge is 0.305 e. The van der Waals surface area contributed by atoms with Gasteiger partial charge in [0.2, 0.25) is 6.41 Å². The Morgan fingerprint density at radius 1 is 1.03 bits per heavy atom. The van der Waals surface area contributed by atoms with Crippen molar-refractivity contribution in [1.82, 2.24) is 5.32 Å². The van der Waals surface area contributed by atoms with Crippen molar-refractivity contribution >= 4 is 29.5 Å². The summed E-state index contributed by atoms with van der Waals surface area (Å²) in [7, 11) is 0. The lowest BCUT2D eigenvalue weighted by atomic mass is 9.93. The molecule has 0 spiro atoms. The Morgan fingerprint density at radius 2 is 1.77 bits per heavy atom. The van der Waals surface area contributed by atoms with Crippen LogP contribution >= 0.6 is 0 Å². The molecule has 0 aliphatic heterocycles. The maximum absolute atomic E-state index is 12.0. The number of hydrogen-bond donors (Lipinski definition) is 2. The number of carboxylic acids is 1. The van der Waals surface area contributed by atoms with E-state index < -0.39 is 5.97 Å². The summed E-state index contributed by atoms with van der Waals surface area (Å²) in [6.07, 6.45) is 7.70. The van der Waals surface area contributed by atoms with Crippen LogP contribution in [-0.4, -0.2) is 29.9 Å². The summed E-state index contributed by atoms with van der Waals surface area (Å²) < 4.78 is 0. The number of allylic oxidation sites excluding steroid dienone is 2. The minimum absolute atomic E-state index is 0.0851. The summed E-state index contributed by atoms with van der Waals surface area (Å²) in [4.78, 5) is 35.8. The summed E-state index contributed by atoms with van der Waals surface area (Å²) >= 11 is 0. The van der Waals surface area contributed by atoms with Gasteiger partial charge in [0, 0.05) is 17.8 Å². The highest BCUT2D eigenvalue weighted by atomic mass is 16.4. The Balaban J connectivity index is 1.61. The Kier molecular flexibility index (Phi) is 7.38. The van der Waals surface area contributed by atoms with Crippen LogP contribution < -0.4 is 10.2 Å². The zero-order chi connectivity index (χ0) is 21.3. The van der Waals surface area contributed by atoms with Crippen molar-refractivity contribution in [3.8, 4) is 0 Å². The van der Waals surface area contributed by atoms with Crippen LogP contribution in [0.25, 0.3) is 5.57 Å². The predicted octanol–water partition coefficient (Wildman–Crippen LogP) is 4.01. The topological polar surface area (TPSA) is 86.7 Å². The molecule has 0 saturated carbocycles. The summed E-state index contributed by atoms with van der Waals surface area (Å²) in [6, 6.07) is 15.0. The van der Waals surface area contributed by atoms with Gasteiger partial charge < -0.3 is 15.3 Å². The molecular formula is C24H26N2O4. The number of hydrogen-bond acceptors (Lipinski definition) is 3. The second kappa shape index (κ2) is 10.4. The van der Waals surface area contributed by atoms with Crippen molar-refractivity contribution in [2.45, 2.75) is 38.6 Å². The Labute approximate surface area is 176 Å². The first-order chi connectivity index (χ1) is 14.6. The molecule has 1 aliphatic carbocycles. The SMILES string of the molecule is O=CN(Cc1ccc(C(=O)NCCC(=O)O)cc1)c1ccc(C2=CCCCC2)cc1. The first kappa shape index (κ1) is 21.3. The average Bonchev–Trinajstić information content (AvgIpc) is 2.78. The van der Waals surface area contributed by atoms with Gasteiger partial charge in [0.1, 0.15) is 0 Å². The van der Waals surface area contributed by atoms with E-state index in [4.69, 9.17) is 5.11 Å². The molecule has 6 nitrogen and oxygen atoms in total. The van der Waals surface area contributed by atoms with Gasteiger partial charge in [0.15, 0.2) is 0 Å². The van der Waals surface area contributed by atoms with Crippen LogP contribution in [0.4, 0.5) is 5.69 Å². The van der Waals surface area contributed by atoms with E-state index in [0.717, 1.165) is 30.5 Å². The molecule has 1 aliphatic rings. The monoisotopic (exact) mass is 406 g/mol. The quantitative estimate of drug-likeness (QED) is 0.616. The number of nitrogens with one attached hydrogen (secondary N) is 1. The van der Waals surface area contributed by atoms with Crippen LogP contribution in [0.2, 0.25) is 0 Å². The van der Waals surface area contributed by atoms with E-state index in [1.165, 1.54) is 24.0 Å². The fourth-order valence-corrected chi connectivity index (χ4v) is 3.50. The number of rotatable bonds is 9. The van der Waals surface area contributed by atoms with Gasteiger partial charge in [-0.1, -0.05) is 30.3 Å². The lowest BCUT2D eigenvalue weighted by Gasteiger charge is -2.19. The summed E-state index contributed by atoms with van der Waals surface area (Å²) in [5, 5.41) is 11.2. The highest BCUT2D eigenvalue weighted by molar-refractivity contribution is 5.94. The number of carboxylic acid groups (broad SMARTS) is 1. The second-order valence-electron chi connectivity index (χ2n) is 7.35. The molecule has 156 valence electrons. The van der Waals surface area contributed by atoms with Crippen LogP contribution in [0.15, 0.2) is 54.6 Å². The maximum Gasteiger partial charge on any atom is 0.305 e. The molecule has 3 rings (SSSR count). The van der Waals surface area contributed by atoms with Crippen LogP contribution in [0.3, 0.4) is 0 Å². The molecule has 2 amide bonds. The third kappa shape index (κ3) is 5.80. The molecule has 0 heterocycles. The van der Waals surface area contributed by atoms with E-state index in [1.54, 1.807) is 29.2 Å². The third-order valence-corrected chi connectivity index (χ3v) is 5.18. The minimum Gasteiger partial charge on any atom is -0.481 e. The zero-order valence-electron chi connectivity index (χ0n) is 16.8. The first-order valence-corrected chi connectivity index (χ1v) is 10.2. The van der Waals surface area contributed by atoms with Gasteiger partial charge in [-0.05, 0) is 66.6 Å². The molecule has 0 saturated heterocycles. The van der Waals surface area contributed by atoms with Crippen LogP contribution in [0.1, 0.15) is 53.6 Å². The van der Waals surface area contributed by atoms with E-state index in [2.05, 4.69) is 23.5 Å². The number of anilines is 1. The summed E-state index contributed by atoms with van der Waals surface area (Å²) in [5.74, 6) is -1.27. The predicted molar refractivity (Wildman–Crippen MR) is 116 cm³/mol. The molecule has 2 aromatic carbocycles. The Morgan fingerprint density at radius 3 is 2.37 bits per heavy atom. The van der Waals surface area contributed by atoms with Crippen molar-refractivity contribution in [3.05, 3.63) is 71.3 Å². The molecule has 0 aromatic heterocycles. The van der Waals surface area contributed by atoms with Gasteiger partial charge >= 0.3 is 5.97 Å². The lowest BCUT2D eigenvalue weighted by molar-refractivity contribution is -0.136. The fourth-order valence-electron chi connectivity index (χ4n) is 3.50. The number of amides is 2. The number of carbonyl (C=O) groups excluding carboxylic acids is 2. The molecule has 30 heavy (non-hydrogen) atoms. The Hall–Kier alpha value is -3.41. The molecule has 2 aromatic rings. The third-order valence-electron chi connectivity index (χ3n) is 5.18. The van der Waals surface area contributed by atoms with Crippen molar-refractivity contribution < 1.29 is 19.5 Å². The zero-order valence-corrected chi connectivity index (χ0v) is 16.8. The van der Waals surface area contributed by atoms with Crippen molar-refractivity contribution in [2.75, 3.05) is 11.4 Å². The van der Waals surface area contributed by atoms with Crippen molar-refractivity contribution in [1.29, 1.82) is 0 Å². The number of nitrogens with zero attached hydrogens (tertiary/aromatic N) is 1. The standard InChI is InChI=1S/C24H26N2O4/c27-17-26(22-12-10-20(11-13-22)19-4-2-1-3-5-19)16-18-6-8-21(9-7-18)24(30)25-15-14-23(28)29/h4,6-13,17H,1-3,5,14-16H2,(H,25,30)(H,28,29). The highest BCUT2D eigenvalue weighted by Crippen LogP contribution is 2.28. The summed E-state index contributed by atoms with van der Waals surface area (Å²) in [6.45, 7) is 0.480. The Bertz CT molecular complexity index is 917. The molecule has 0 bridgehead atoms. The van der Waals surface area contributed by atoms with Gasteiger partial charge in [-0.15, -0.1) is 0 Å². The van der Waals surface area contributed by atoms with E-state index >= 15 is 0 Å². The van der Waals surface area contributed by atoms with Gasteiger partial charge in [-0.3, -0.25) is 14.4 Å². The van der Waals surface area contributed by atoms with E-state index in [-0.39, 0.29) is 18.9 Å². The normalized spacial score (nSPS) is 13.3. The van der Waals surface area contributed by atoms with Crippen LogP contribution in [-0.2, 0) is 16.1 Å². The van der Waals surface area contributed by atoms with Crippen LogP contribution in [0, 0.1) is 0 Å². The molecule has 0 fully saturated rings.